The summed E-state index contributed by atoms with van der Waals surface area (Å²) in [6.45, 7) is 0.628. The average Bonchev–Trinajstić information content (AvgIpc) is 3.08. The topological polar surface area (TPSA) is 73.6 Å². The number of aromatic carboxylic acids is 1. The third-order valence-electron chi connectivity index (χ3n) is 4.17. The van der Waals surface area contributed by atoms with Crippen LogP contribution in [0, 0.1) is 0 Å². The molecular weight excluding hydrogens is 332 g/mol. The van der Waals surface area contributed by atoms with E-state index in [9.17, 15) is 4.79 Å². The minimum Gasteiger partial charge on any atom is -0.493 e. The van der Waals surface area contributed by atoms with Crippen LogP contribution in [0.15, 0.2) is 54.9 Å². The van der Waals surface area contributed by atoms with E-state index >= 15 is 0 Å². The molecule has 2 aromatic carbocycles. The van der Waals surface area contributed by atoms with Crippen LogP contribution < -0.4 is 9.47 Å². The third kappa shape index (κ3) is 3.85. The number of hydrogen-bond donors (Lipinski definition) is 1. The van der Waals surface area contributed by atoms with Crippen molar-refractivity contribution in [1.82, 2.24) is 9.55 Å². The van der Waals surface area contributed by atoms with Gasteiger partial charge in [-0.3, -0.25) is 0 Å². The number of nitrogens with zero attached hydrogens (tertiary/aromatic N) is 2. The number of aromatic nitrogens is 2. The van der Waals surface area contributed by atoms with Crippen molar-refractivity contribution in [2.24, 2.45) is 0 Å². The maximum absolute atomic E-state index is 11.0. The first-order valence-corrected chi connectivity index (χ1v) is 8.14. The van der Waals surface area contributed by atoms with Gasteiger partial charge in [0, 0.05) is 25.4 Å². The minimum atomic E-state index is -0.923. The molecule has 0 amide bonds. The molecule has 0 aliphatic rings. The van der Waals surface area contributed by atoms with E-state index in [0.29, 0.717) is 24.5 Å². The van der Waals surface area contributed by atoms with Gasteiger partial charge in [-0.1, -0.05) is 18.2 Å². The number of carboxylic acids is 1. The number of carbonyl (C=O) groups is 1. The summed E-state index contributed by atoms with van der Waals surface area (Å²) in [6, 6.07) is 12.7. The molecular formula is C20H20N2O4. The Labute approximate surface area is 151 Å². The maximum Gasteiger partial charge on any atom is 0.335 e. The van der Waals surface area contributed by atoms with Gasteiger partial charge in [0.05, 0.1) is 19.8 Å². The Hall–Kier alpha value is -3.28. The van der Waals surface area contributed by atoms with Gasteiger partial charge < -0.3 is 19.1 Å². The zero-order valence-electron chi connectivity index (χ0n) is 14.7. The molecule has 3 aromatic rings. The van der Waals surface area contributed by atoms with Crippen molar-refractivity contribution in [3.63, 3.8) is 0 Å². The summed E-state index contributed by atoms with van der Waals surface area (Å²) in [4.78, 5) is 15.4. The molecule has 0 atom stereocenters. The fraction of sp³-hybridized carbons (Fsp3) is 0.200. The van der Waals surface area contributed by atoms with Crippen molar-refractivity contribution in [3.8, 4) is 11.5 Å². The number of imidazole rings is 1. The Morgan fingerprint density at radius 3 is 2.38 bits per heavy atom. The summed E-state index contributed by atoms with van der Waals surface area (Å²) < 4.78 is 12.7. The molecule has 0 spiro atoms. The predicted molar refractivity (Wildman–Crippen MR) is 97.1 cm³/mol. The van der Waals surface area contributed by atoms with Crippen molar-refractivity contribution < 1.29 is 19.4 Å². The highest BCUT2D eigenvalue weighted by molar-refractivity contribution is 5.87. The molecule has 0 unspecified atom stereocenters. The van der Waals surface area contributed by atoms with Crippen molar-refractivity contribution in [2.75, 3.05) is 14.2 Å². The van der Waals surface area contributed by atoms with Gasteiger partial charge in [-0.15, -0.1) is 0 Å². The second-order valence-corrected chi connectivity index (χ2v) is 5.84. The summed E-state index contributed by atoms with van der Waals surface area (Å²) in [5.41, 5.74) is 2.36. The van der Waals surface area contributed by atoms with E-state index in [-0.39, 0.29) is 5.56 Å². The molecule has 1 N–H and O–H groups in total. The zero-order chi connectivity index (χ0) is 18.5. The molecule has 134 valence electrons. The zero-order valence-corrected chi connectivity index (χ0v) is 14.7. The molecule has 6 heteroatoms. The monoisotopic (exact) mass is 352 g/mol. The smallest absolute Gasteiger partial charge is 0.335 e. The average molecular weight is 352 g/mol. The van der Waals surface area contributed by atoms with Gasteiger partial charge in [-0.05, 0) is 35.4 Å². The molecule has 0 bridgehead atoms. The van der Waals surface area contributed by atoms with Crippen LogP contribution in [0.3, 0.4) is 0 Å². The number of methoxy groups -OCH3 is 2. The van der Waals surface area contributed by atoms with Crippen LogP contribution in [-0.4, -0.2) is 34.8 Å². The first-order chi connectivity index (χ1) is 12.6. The molecule has 6 nitrogen and oxygen atoms in total. The highest BCUT2D eigenvalue weighted by Gasteiger charge is 2.09. The van der Waals surface area contributed by atoms with Crippen molar-refractivity contribution in [2.45, 2.75) is 13.0 Å². The predicted octanol–water partition coefficient (Wildman–Crippen LogP) is 3.24. The third-order valence-corrected chi connectivity index (χ3v) is 4.17. The number of carboxylic acid groups (broad SMARTS) is 1. The molecule has 0 aliphatic heterocycles. The van der Waals surface area contributed by atoms with Gasteiger partial charge in [-0.2, -0.15) is 0 Å². The molecule has 3 rings (SSSR count). The lowest BCUT2D eigenvalue weighted by molar-refractivity contribution is 0.0697. The number of rotatable bonds is 7. The van der Waals surface area contributed by atoms with Crippen LogP contribution >= 0.6 is 0 Å². The lowest BCUT2D eigenvalue weighted by Crippen LogP contribution is -2.06. The van der Waals surface area contributed by atoms with Crippen LogP contribution in [0.25, 0.3) is 0 Å². The SMILES string of the molecule is COc1ccc(Cc2nccn2Cc2ccc(C(=O)O)cc2)cc1OC. The molecule has 1 heterocycles. The van der Waals surface area contributed by atoms with Gasteiger partial charge in [0.15, 0.2) is 11.5 Å². The van der Waals surface area contributed by atoms with Crippen LogP contribution in [-0.2, 0) is 13.0 Å². The number of hydrogen-bond acceptors (Lipinski definition) is 4. The van der Waals surface area contributed by atoms with Crippen LogP contribution in [0.2, 0.25) is 0 Å². The van der Waals surface area contributed by atoms with Crippen LogP contribution in [0.1, 0.15) is 27.3 Å². The normalized spacial score (nSPS) is 10.5. The number of benzene rings is 2. The second-order valence-electron chi connectivity index (χ2n) is 5.84. The highest BCUT2D eigenvalue weighted by atomic mass is 16.5. The fourth-order valence-corrected chi connectivity index (χ4v) is 2.77. The fourth-order valence-electron chi connectivity index (χ4n) is 2.77. The van der Waals surface area contributed by atoms with E-state index in [1.165, 1.54) is 0 Å². The number of ether oxygens (including phenoxy) is 2. The van der Waals surface area contributed by atoms with E-state index < -0.39 is 5.97 Å². The molecule has 0 saturated heterocycles. The summed E-state index contributed by atoms with van der Waals surface area (Å²) >= 11 is 0. The van der Waals surface area contributed by atoms with Crippen LogP contribution in [0.4, 0.5) is 0 Å². The Bertz CT molecular complexity index is 900. The summed E-state index contributed by atoms with van der Waals surface area (Å²) in [6.07, 6.45) is 4.34. The first kappa shape index (κ1) is 17.5. The van der Waals surface area contributed by atoms with Crippen molar-refractivity contribution in [1.29, 1.82) is 0 Å². The summed E-state index contributed by atoms with van der Waals surface area (Å²) in [5, 5.41) is 8.99. The van der Waals surface area contributed by atoms with E-state index in [2.05, 4.69) is 4.98 Å². The molecule has 0 saturated carbocycles. The van der Waals surface area contributed by atoms with E-state index in [1.807, 2.05) is 41.1 Å². The molecule has 0 radical (unpaired) electrons. The Morgan fingerprint density at radius 2 is 1.73 bits per heavy atom. The first-order valence-electron chi connectivity index (χ1n) is 8.14. The largest absolute Gasteiger partial charge is 0.493 e. The van der Waals surface area contributed by atoms with Crippen LogP contribution in [0.5, 0.6) is 11.5 Å². The van der Waals surface area contributed by atoms with Gasteiger partial charge in [-0.25, -0.2) is 9.78 Å². The van der Waals surface area contributed by atoms with Gasteiger partial charge in [0.25, 0.3) is 0 Å². The van der Waals surface area contributed by atoms with E-state index in [1.54, 1.807) is 32.5 Å². The van der Waals surface area contributed by atoms with E-state index in [0.717, 1.165) is 17.0 Å². The Kier molecular flexibility index (Phi) is 5.22. The highest BCUT2D eigenvalue weighted by Crippen LogP contribution is 2.28. The molecule has 26 heavy (non-hydrogen) atoms. The van der Waals surface area contributed by atoms with Gasteiger partial charge in [0.2, 0.25) is 0 Å². The lowest BCUT2D eigenvalue weighted by atomic mass is 10.1. The molecule has 1 aromatic heterocycles. The Morgan fingerprint density at radius 1 is 1.04 bits per heavy atom. The minimum absolute atomic E-state index is 0.282. The summed E-state index contributed by atoms with van der Waals surface area (Å²) in [7, 11) is 3.23. The Balaban J connectivity index is 1.77. The quantitative estimate of drug-likeness (QED) is 0.707. The maximum atomic E-state index is 11.0. The van der Waals surface area contributed by atoms with Crippen molar-refractivity contribution in [3.05, 3.63) is 77.4 Å². The van der Waals surface area contributed by atoms with Gasteiger partial charge >= 0.3 is 5.97 Å². The second kappa shape index (κ2) is 7.74. The standard InChI is InChI=1S/C20H20N2O4/c1-25-17-8-5-15(11-18(17)26-2)12-19-21-9-10-22(19)13-14-3-6-16(7-4-14)20(23)24/h3-11H,12-13H2,1-2H3,(H,23,24). The van der Waals surface area contributed by atoms with E-state index in [4.69, 9.17) is 14.6 Å². The lowest BCUT2D eigenvalue weighted by Gasteiger charge is -2.11. The van der Waals surface area contributed by atoms with Crippen molar-refractivity contribution >= 4 is 5.97 Å². The molecule has 0 fully saturated rings. The molecule has 0 aliphatic carbocycles. The van der Waals surface area contributed by atoms with Gasteiger partial charge in [0.1, 0.15) is 5.82 Å². The summed E-state index contributed by atoms with van der Waals surface area (Å²) in [5.74, 6) is 1.37.